The Morgan fingerprint density at radius 2 is 2.37 bits per heavy atom. The van der Waals surface area contributed by atoms with E-state index in [9.17, 15) is 4.79 Å². The molecule has 0 fully saturated rings. The summed E-state index contributed by atoms with van der Waals surface area (Å²) in [5.74, 6) is -0.577. The van der Waals surface area contributed by atoms with Crippen LogP contribution in [0, 0.1) is 5.92 Å². The van der Waals surface area contributed by atoms with Gasteiger partial charge < -0.3 is 15.4 Å². The summed E-state index contributed by atoms with van der Waals surface area (Å²) in [6.45, 7) is 3.53. The van der Waals surface area contributed by atoms with Crippen LogP contribution in [-0.2, 0) is 11.2 Å². The molecule has 2 rings (SSSR count). The molecular formula is C14H19N3O2. The van der Waals surface area contributed by atoms with Gasteiger partial charge in [-0.1, -0.05) is 13.0 Å². The number of aliphatic carboxylic acids is 1. The molecule has 0 radical (unpaired) electrons. The average Bonchev–Trinajstić information content (AvgIpc) is 2.81. The molecule has 5 nitrogen and oxygen atoms in total. The molecule has 0 amide bonds. The number of imidazole rings is 1. The Labute approximate surface area is 112 Å². The third-order valence-corrected chi connectivity index (χ3v) is 3.09. The Kier molecular flexibility index (Phi) is 4.52. The minimum atomic E-state index is -0.737. The van der Waals surface area contributed by atoms with E-state index >= 15 is 0 Å². The highest BCUT2D eigenvalue weighted by atomic mass is 16.4. The summed E-state index contributed by atoms with van der Waals surface area (Å²) in [5.41, 5.74) is 3.28. The highest BCUT2D eigenvalue weighted by Crippen LogP contribution is 2.11. The van der Waals surface area contributed by atoms with Crippen LogP contribution in [0.2, 0.25) is 0 Å². The number of fused-ring (bicyclic) bond motifs is 1. The number of nitrogens with one attached hydrogen (secondary N) is 2. The lowest BCUT2D eigenvalue weighted by atomic mass is 10.1. The van der Waals surface area contributed by atoms with Crippen molar-refractivity contribution in [1.29, 1.82) is 0 Å². The Bertz CT molecular complexity index is 550. The van der Waals surface area contributed by atoms with Crippen LogP contribution in [0.1, 0.15) is 18.9 Å². The zero-order valence-corrected chi connectivity index (χ0v) is 11.0. The van der Waals surface area contributed by atoms with Gasteiger partial charge in [-0.2, -0.15) is 0 Å². The van der Waals surface area contributed by atoms with E-state index < -0.39 is 5.97 Å². The Balaban J connectivity index is 1.74. The predicted molar refractivity (Wildman–Crippen MR) is 74.1 cm³/mol. The highest BCUT2D eigenvalue weighted by molar-refractivity contribution is 5.75. The normalized spacial score (nSPS) is 12.7. The predicted octanol–water partition coefficient (Wildman–Crippen LogP) is 1.81. The maximum Gasteiger partial charge on any atom is 0.303 e. The number of aromatic amines is 1. The number of carbonyl (C=O) groups is 1. The number of hydrogen-bond donors (Lipinski definition) is 3. The summed E-state index contributed by atoms with van der Waals surface area (Å²) in [6.07, 6.45) is 2.84. The number of nitrogens with zero attached hydrogens (tertiary/aromatic N) is 1. The minimum Gasteiger partial charge on any atom is -0.481 e. The van der Waals surface area contributed by atoms with Crippen LogP contribution in [0.15, 0.2) is 24.5 Å². The molecule has 1 heterocycles. The van der Waals surface area contributed by atoms with Crippen molar-refractivity contribution in [2.45, 2.75) is 19.8 Å². The van der Waals surface area contributed by atoms with Crippen LogP contribution in [0.3, 0.4) is 0 Å². The molecule has 1 aromatic carbocycles. The van der Waals surface area contributed by atoms with Crippen LogP contribution in [0.25, 0.3) is 11.0 Å². The van der Waals surface area contributed by atoms with Gasteiger partial charge in [0.15, 0.2) is 0 Å². The monoisotopic (exact) mass is 261 g/mol. The number of carboxylic acids is 1. The number of benzene rings is 1. The van der Waals surface area contributed by atoms with Gasteiger partial charge in [-0.3, -0.25) is 4.79 Å². The Hall–Kier alpha value is -1.88. The fourth-order valence-electron chi connectivity index (χ4n) is 2.09. The number of rotatable bonds is 7. The van der Waals surface area contributed by atoms with E-state index in [1.165, 1.54) is 5.56 Å². The van der Waals surface area contributed by atoms with Crippen molar-refractivity contribution >= 4 is 17.0 Å². The van der Waals surface area contributed by atoms with Crippen LogP contribution >= 0.6 is 0 Å². The molecule has 5 heteroatoms. The molecular weight excluding hydrogens is 242 g/mol. The zero-order valence-electron chi connectivity index (χ0n) is 11.0. The van der Waals surface area contributed by atoms with Crippen LogP contribution < -0.4 is 5.32 Å². The molecule has 1 unspecified atom stereocenters. The van der Waals surface area contributed by atoms with Gasteiger partial charge in [-0.15, -0.1) is 0 Å². The first-order valence-electron chi connectivity index (χ1n) is 6.49. The first-order valence-corrected chi connectivity index (χ1v) is 6.49. The Morgan fingerprint density at radius 1 is 1.53 bits per heavy atom. The van der Waals surface area contributed by atoms with E-state index in [1.807, 2.05) is 13.0 Å². The van der Waals surface area contributed by atoms with Crippen molar-refractivity contribution in [3.05, 3.63) is 30.1 Å². The van der Waals surface area contributed by atoms with Gasteiger partial charge in [0.05, 0.1) is 17.4 Å². The SMILES string of the molecule is CC(CNCCc1ccc2nc[nH]c2c1)CC(=O)O. The largest absolute Gasteiger partial charge is 0.481 e. The molecule has 0 spiro atoms. The highest BCUT2D eigenvalue weighted by Gasteiger charge is 2.06. The molecule has 2 aromatic rings. The lowest BCUT2D eigenvalue weighted by molar-refractivity contribution is -0.137. The van der Waals surface area contributed by atoms with E-state index in [2.05, 4.69) is 27.4 Å². The first-order chi connectivity index (χ1) is 9.15. The fraction of sp³-hybridized carbons (Fsp3) is 0.429. The lowest BCUT2D eigenvalue weighted by Crippen LogP contribution is -2.24. The van der Waals surface area contributed by atoms with E-state index in [0.29, 0.717) is 0 Å². The number of aromatic nitrogens is 2. The van der Waals surface area contributed by atoms with Crippen molar-refractivity contribution in [2.24, 2.45) is 5.92 Å². The number of carboxylic acid groups (broad SMARTS) is 1. The molecule has 0 bridgehead atoms. The third kappa shape index (κ3) is 4.06. The summed E-state index contributed by atoms with van der Waals surface area (Å²) >= 11 is 0. The summed E-state index contributed by atoms with van der Waals surface area (Å²) in [5, 5.41) is 12.0. The summed E-state index contributed by atoms with van der Waals surface area (Å²) in [4.78, 5) is 17.8. The van der Waals surface area contributed by atoms with E-state index in [4.69, 9.17) is 5.11 Å². The van der Waals surface area contributed by atoms with Gasteiger partial charge >= 0.3 is 5.97 Å². The summed E-state index contributed by atoms with van der Waals surface area (Å²) < 4.78 is 0. The second kappa shape index (κ2) is 6.33. The number of H-pyrrole nitrogens is 1. The van der Waals surface area contributed by atoms with Gasteiger partial charge in [0.2, 0.25) is 0 Å². The van der Waals surface area contributed by atoms with Gasteiger partial charge in [-0.25, -0.2) is 4.98 Å². The average molecular weight is 261 g/mol. The second-order valence-electron chi connectivity index (χ2n) is 4.91. The van der Waals surface area contributed by atoms with Gasteiger partial charge in [0, 0.05) is 6.42 Å². The Morgan fingerprint density at radius 3 is 3.16 bits per heavy atom. The molecule has 0 saturated carbocycles. The van der Waals surface area contributed by atoms with E-state index in [1.54, 1.807) is 6.33 Å². The molecule has 1 atom stereocenters. The zero-order chi connectivity index (χ0) is 13.7. The van der Waals surface area contributed by atoms with E-state index in [-0.39, 0.29) is 12.3 Å². The molecule has 1 aromatic heterocycles. The van der Waals surface area contributed by atoms with Crippen LogP contribution in [0.4, 0.5) is 0 Å². The van der Waals surface area contributed by atoms with Crippen LogP contribution in [0.5, 0.6) is 0 Å². The summed E-state index contributed by atoms with van der Waals surface area (Å²) in [7, 11) is 0. The minimum absolute atomic E-state index is 0.160. The van der Waals surface area contributed by atoms with Crippen LogP contribution in [-0.4, -0.2) is 34.1 Å². The van der Waals surface area contributed by atoms with E-state index in [0.717, 1.165) is 30.5 Å². The summed E-state index contributed by atoms with van der Waals surface area (Å²) in [6, 6.07) is 6.18. The second-order valence-corrected chi connectivity index (χ2v) is 4.91. The third-order valence-electron chi connectivity index (χ3n) is 3.09. The van der Waals surface area contributed by atoms with Gasteiger partial charge in [-0.05, 0) is 43.1 Å². The molecule has 0 aliphatic carbocycles. The molecule has 0 aliphatic rings. The smallest absolute Gasteiger partial charge is 0.303 e. The number of hydrogen-bond acceptors (Lipinski definition) is 3. The maximum absolute atomic E-state index is 10.5. The molecule has 102 valence electrons. The van der Waals surface area contributed by atoms with Crippen molar-refractivity contribution in [3.63, 3.8) is 0 Å². The molecule has 0 aliphatic heterocycles. The first kappa shape index (κ1) is 13.5. The lowest BCUT2D eigenvalue weighted by Gasteiger charge is -2.10. The standard InChI is InChI=1S/C14H19N3O2/c1-10(6-14(18)19)8-15-5-4-11-2-3-12-13(7-11)17-9-16-12/h2-3,7,9-10,15H,4-6,8H2,1H3,(H,16,17)(H,18,19). The van der Waals surface area contributed by atoms with Gasteiger partial charge in [0.1, 0.15) is 0 Å². The van der Waals surface area contributed by atoms with Crippen molar-refractivity contribution < 1.29 is 9.90 Å². The topological polar surface area (TPSA) is 78.0 Å². The molecule has 3 N–H and O–H groups in total. The van der Waals surface area contributed by atoms with Gasteiger partial charge in [0.25, 0.3) is 0 Å². The fourth-order valence-corrected chi connectivity index (χ4v) is 2.09. The maximum atomic E-state index is 10.5. The molecule has 19 heavy (non-hydrogen) atoms. The van der Waals surface area contributed by atoms with Crippen molar-refractivity contribution in [1.82, 2.24) is 15.3 Å². The van der Waals surface area contributed by atoms with Crippen molar-refractivity contribution in [2.75, 3.05) is 13.1 Å². The van der Waals surface area contributed by atoms with Crippen molar-refractivity contribution in [3.8, 4) is 0 Å². The quantitative estimate of drug-likeness (QED) is 0.664. The molecule has 0 saturated heterocycles.